The molecule has 3 aromatic rings. The standard InChI is InChI=1S/C38H48F2N4O4/c1-37(2,25-45)24-42-35(47)32(23-27-16-19-30(39)31(40)21-27)44(6)36(48)33(43(5)34(46)13-10-20-38(3,4)41)22-26-14-17-29(18-15-26)28-11-8-7-9-12-28/h7-19,21,32-33,45H,20,22-25,41H2,1-6H3,(H,42,47)/t32-,33-/m1/s1. The van der Waals surface area contributed by atoms with Crippen LogP contribution in [0.3, 0.4) is 0 Å². The number of aliphatic hydroxyl groups is 1. The number of carbonyl (C=O) groups is 3. The van der Waals surface area contributed by atoms with Crippen molar-refractivity contribution in [1.29, 1.82) is 0 Å². The summed E-state index contributed by atoms with van der Waals surface area (Å²) in [4.78, 5) is 44.0. The van der Waals surface area contributed by atoms with Crippen LogP contribution in [0.1, 0.15) is 45.2 Å². The molecule has 48 heavy (non-hydrogen) atoms. The van der Waals surface area contributed by atoms with E-state index in [2.05, 4.69) is 5.32 Å². The molecule has 3 aromatic carbocycles. The topological polar surface area (TPSA) is 116 Å². The normalized spacial score (nSPS) is 13.2. The Hall–Kier alpha value is -4.41. The van der Waals surface area contributed by atoms with Gasteiger partial charge in [-0.25, -0.2) is 8.78 Å². The van der Waals surface area contributed by atoms with E-state index in [9.17, 15) is 28.3 Å². The van der Waals surface area contributed by atoms with Gasteiger partial charge in [0.2, 0.25) is 17.7 Å². The second-order valence-corrected chi connectivity index (χ2v) is 13.8. The van der Waals surface area contributed by atoms with Crippen LogP contribution in [0.15, 0.2) is 84.9 Å². The Morgan fingerprint density at radius 3 is 2.00 bits per heavy atom. The van der Waals surface area contributed by atoms with E-state index in [1.54, 1.807) is 19.9 Å². The third-order valence-corrected chi connectivity index (χ3v) is 8.19. The van der Waals surface area contributed by atoms with Crippen LogP contribution in [0.4, 0.5) is 8.78 Å². The van der Waals surface area contributed by atoms with Gasteiger partial charge in [0.25, 0.3) is 0 Å². The summed E-state index contributed by atoms with van der Waals surface area (Å²) >= 11 is 0. The Morgan fingerprint density at radius 2 is 1.42 bits per heavy atom. The number of carbonyl (C=O) groups excluding carboxylic acids is 3. The van der Waals surface area contributed by atoms with Crippen LogP contribution >= 0.6 is 0 Å². The van der Waals surface area contributed by atoms with Gasteiger partial charge < -0.3 is 26.0 Å². The Labute approximate surface area is 282 Å². The highest BCUT2D eigenvalue weighted by Crippen LogP contribution is 2.22. The van der Waals surface area contributed by atoms with E-state index in [4.69, 9.17) is 5.73 Å². The molecule has 0 saturated heterocycles. The van der Waals surface area contributed by atoms with Crippen LogP contribution in [-0.4, -0.2) is 77.5 Å². The zero-order valence-corrected chi connectivity index (χ0v) is 28.7. The number of nitrogens with two attached hydrogens (primary N) is 1. The van der Waals surface area contributed by atoms with E-state index in [1.165, 1.54) is 36.0 Å². The fourth-order valence-corrected chi connectivity index (χ4v) is 5.00. The average molecular weight is 663 g/mol. The summed E-state index contributed by atoms with van der Waals surface area (Å²) < 4.78 is 27.9. The zero-order valence-electron chi connectivity index (χ0n) is 28.7. The lowest BCUT2D eigenvalue weighted by molar-refractivity contribution is -0.146. The molecule has 0 bridgehead atoms. The van der Waals surface area contributed by atoms with Crippen molar-refractivity contribution in [3.8, 4) is 11.1 Å². The predicted octanol–water partition coefficient (Wildman–Crippen LogP) is 4.89. The van der Waals surface area contributed by atoms with Crippen LogP contribution in [0, 0.1) is 17.0 Å². The minimum absolute atomic E-state index is 0.108. The molecule has 3 rings (SSSR count). The molecule has 0 aliphatic rings. The fourth-order valence-electron chi connectivity index (χ4n) is 5.00. The number of amides is 3. The number of benzene rings is 3. The predicted molar refractivity (Wildman–Crippen MR) is 185 cm³/mol. The molecule has 3 amide bonds. The number of aliphatic hydroxyl groups excluding tert-OH is 1. The second kappa shape index (κ2) is 16.6. The van der Waals surface area contributed by atoms with Crippen molar-refractivity contribution in [1.82, 2.24) is 15.1 Å². The van der Waals surface area contributed by atoms with E-state index >= 15 is 0 Å². The molecule has 0 fully saturated rings. The molecule has 2 atom stereocenters. The van der Waals surface area contributed by atoms with Crippen molar-refractivity contribution in [2.24, 2.45) is 11.1 Å². The molecule has 0 saturated carbocycles. The molecule has 8 nitrogen and oxygen atoms in total. The van der Waals surface area contributed by atoms with Crippen molar-refractivity contribution >= 4 is 17.7 Å². The van der Waals surface area contributed by atoms with Gasteiger partial charge in [-0.3, -0.25) is 14.4 Å². The van der Waals surface area contributed by atoms with Crippen LogP contribution in [-0.2, 0) is 27.2 Å². The summed E-state index contributed by atoms with van der Waals surface area (Å²) in [5.41, 5.74) is 8.02. The van der Waals surface area contributed by atoms with E-state index in [-0.39, 0.29) is 26.0 Å². The molecule has 0 spiro atoms. The van der Waals surface area contributed by atoms with Gasteiger partial charge in [-0.15, -0.1) is 0 Å². The summed E-state index contributed by atoms with van der Waals surface area (Å²) in [5.74, 6) is -3.58. The highest BCUT2D eigenvalue weighted by atomic mass is 19.2. The third kappa shape index (κ3) is 11.1. The molecule has 0 heterocycles. The van der Waals surface area contributed by atoms with Crippen molar-refractivity contribution in [3.63, 3.8) is 0 Å². The van der Waals surface area contributed by atoms with Gasteiger partial charge in [-0.05, 0) is 60.7 Å². The summed E-state index contributed by atoms with van der Waals surface area (Å²) in [6, 6.07) is 18.7. The molecule has 0 radical (unpaired) electrons. The van der Waals surface area contributed by atoms with E-state index in [0.717, 1.165) is 28.8 Å². The van der Waals surface area contributed by atoms with Crippen LogP contribution in [0.25, 0.3) is 11.1 Å². The van der Waals surface area contributed by atoms with Crippen LogP contribution in [0.2, 0.25) is 0 Å². The Balaban J connectivity index is 1.97. The SMILES string of the molecule is CN(C(=O)C=CCC(C)(C)N)[C@H](Cc1ccc(-c2ccccc2)cc1)C(=O)N(C)[C@H](Cc1ccc(F)c(F)c1)C(=O)NCC(C)(C)CO. The Kier molecular flexibility index (Phi) is 13.2. The van der Waals surface area contributed by atoms with E-state index < -0.39 is 52.4 Å². The van der Waals surface area contributed by atoms with Crippen molar-refractivity contribution in [3.05, 3.63) is 108 Å². The highest BCUT2D eigenvalue weighted by molar-refractivity contribution is 5.95. The van der Waals surface area contributed by atoms with Crippen molar-refractivity contribution in [2.45, 2.75) is 64.6 Å². The minimum Gasteiger partial charge on any atom is -0.396 e. The maximum Gasteiger partial charge on any atom is 0.246 e. The molecular formula is C38H48F2N4O4. The third-order valence-electron chi connectivity index (χ3n) is 8.19. The minimum atomic E-state index is -1.14. The maximum absolute atomic E-state index is 14.4. The molecular weight excluding hydrogens is 614 g/mol. The number of halogens is 2. The van der Waals surface area contributed by atoms with Crippen LogP contribution < -0.4 is 11.1 Å². The first-order valence-electron chi connectivity index (χ1n) is 16.0. The first-order valence-corrected chi connectivity index (χ1v) is 16.0. The van der Waals surface area contributed by atoms with Gasteiger partial charge in [0, 0.05) is 51.0 Å². The summed E-state index contributed by atoms with van der Waals surface area (Å²) in [7, 11) is 2.99. The number of rotatable bonds is 15. The highest BCUT2D eigenvalue weighted by Gasteiger charge is 2.35. The molecule has 0 unspecified atom stereocenters. The molecule has 0 aromatic heterocycles. The van der Waals surface area contributed by atoms with Gasteiger partial charge in [-0.1, -0.05) is 80.6 Å². The summed E-state index contributed by atoms with van der Waals surface area (Å²) in [5, 5.41) is 12.5. The second-order valence-electron chi connectivity index (χ2n) is 13.8. The summed E-state index contributed by atoms with van der Waals surface area (Å²) in [6.45, 7) is 7.13. The molecule has 10 heteroatoms. The van der Waals surface area contributed by atoms with E-state index in [1.807, 2.05) is 68.4 Å². The lowest BCUT2D eigenvalue weighted by Crippen LogP contribution is -2.56. The lowest BCUT2D eigenvalue weighted by atomic mass is 9.94. The fraction of sp³-hybridized carbons (Fsp3) is 0.395. The number of likely N-dealkylation sites (N-methyl/N-ethyl adjacent to an activating group) is 2. The number of hydrogen-bond acceptors (Lipinski definition) is 5. The molecule has 0 aliphatic heterocycles. The van der Waals surface area contributed by atoms with Gasteiger partial charge in [0.05, 0.1) is 0 Å². The Bertz CT molecular complexity index is 1570. The van der Waals surface area contributed by atoms with Gasteiger partial charge in [0.1, 0.15) is 12.1 Å². The van der Waals surface area contributed by atoms with Gasteiger partial charge in [0.15, 0.2) is 11.6 Å². The lowest BCUT2D eigenvalue weighted by Gasteiger charge is -2.35. The maximum atomic E-state index is 14.4. The van der Waals surface area contributed by atoms with Gasteiger partial charge in [-0.2, -0.15) is 0 Å². The molecule has 4 N–H and O–H groups in total. The quantitative estimate of drug-likeness (QED) is 0.201. The smallest absolute Gasteiger partial charge is 0.246 e. The van der Waals surface area contributed by atoms with Crippen molar-refractivity contribution < 1.29 is 28.3 Å². The first kappa shape index (κ1) is 38.0. The number of nitrogens with zero attached hydrogens (tertiary/aromatic N) is 2. The van der Waals surface area contributed by atoms with E-state index in [0.29, 0.717) is 12.0 Å². The molecule has 258 valence electrons. The Morgan fingerprint density at radius 1 is 0.833 bits per heavy atom. The summed E-state index contributed by atoms with van der Waals surface area (Å²) in [6.07, 6.45) is 3.52. The van der Waals surface area contributed by atoms with Crippen LogP contribution in [0.5, 0.6) is 0 Å². The monoisotopic (exact) mass is 662 g/mol. The molecule has 0 aliphatic carbocycles. The van der Waals surface area contributed by atoms with Crippen molar-refractivity contribution in [2.75, 3.05) is 27.2 Å². The van der Waals surface area contributed by atoms with Gasteiger partial charge >= 0.3 is 0 Å². The largest absolute Gasteiger partial charge is 0.396 e. The first-order chi connectivity index (χ1) is 22.5. The average Bonchev–Trinajstić information content (AvgIpc) is 3.05. The number of nitrogens with one attached hydrogen (secondary N) is 1. The number of hydrogen-bond donors (Lipinski definition) is 3. The zero-order chi connectivity index (χ0) is 35.6.